The van der Waals surface area contributed by atoms with Crippen LogP contribution in [0, 0.1) is 23.7 Å². The second kappa shape index (κ2) is 13.1. The standard InChI is InChI=1S/C27H28N4O5/c1-18(32)24(27(35)31-36)30-25(33)21-13-9-19(10-14-21)6-2-3-7-20-11-15-22(16-12-20)29-26(34)23-8-4-5-17-28-23/h9-16,18,23-24,28,32,36H,4-5,8,17H2,1H3,(H,29,34)(H,30,33)(H,31,35)/t18-,23?,24+/m1/s1. The summed E-state index contributed by atoms with van der Waals surface area (Å²) in [5.74, 6) is 9.82. The molecule has 3 atom stereocenters. The first-order valence-electron chi connectivity index (χ1n) is 11.6. The molecular weight excluding hydrogens is 460 g/mol. The first-order chi connectivity index (χ1) is 17.4. The molecule has 0 bridgehead atoms. The number of hydroxylamine groups is 1. The Bertz CT molecular complexity index is 1200. The molecule has 1 aliphatic heterocycles. The highest BCUT2D eigenvalue weighted by Crippen LogP contribution is 2.12. The van der Waals surface area contributed by atoms with E-state index in [1.165, 1.54) is 24.5 Å². The van der Waals surface area contributed by atoms with E-state index in [2.05, 4.69) is 39.6 Å². The quantitative estimate of drug-likeness (QED) is 0.205. The maximum absolute atomic E-state index is 12.3. The molecule has 9 nitrogen and oxygen atoms in total. The van der Waals surface area contributed by atoms with Crippen molar-refractivity contribution in [1.82, 2.24) is 16.1 Å². The molecule has 0 saturated carbocycles. The van der Waals surface area contributed by atoms with Gasteiger partial charge in [-0.25, -0.2) is 5.48 Å². The van der Waals surface area contributed by atoms with Crippen LogP contribution in [0.15, 0.2) is 48.5 Å². The number of piperidine rings is 1. The Kier molecular flexibility index (Phi) is 9.61. The van der Waals surface area contributed by atoms with Crippen molar-refractivity contribution in [2.24, 2.45) is 0 Å². The molecule has 3 rings (SSSR count). The van der Waals surface area contributed by atoms with E-state index in [1.54, 1.807) is 24.3 Å². The number of aliphatic hydroxyl groups excluding tert-OH is 1. The third-order valence-corrected chi connectivity index (χ3v) is 5.56. The zero-order valence-electron chi connectivity index (χ0n) is 19.8. The van der Waals surface area contributed by atoms with Gasteiger partial charge in [0.25, 0.3) is 11.8 Å². The first-order valence-corrected chi connectivity index (χ1v) is 11.6. The van der Waals surface area contributed by atoms with Gasteiger partial charge in [-0.05, 0) is 86.7 Å². The molecule has 1 heterocycles. The average Bonchev–Trinajstić information content (AvgIpc) is 2.90. The molecule has 1 unspecified atom stereocenters. The van der Waals surface area contributed by atoms with Crippen LogP contribution in [0.3, 0.4) is 0 Å². The van der Waals surface area contributed by atoms with Crippen LogP contribution in [0.5, 0.6) is 0 Å². The number of aliphatic hydroxyl groups is 1. The smallest absolute Gasteiger partial charge is 0.268 e. The number of amides is 3. The van der Waals surface area contributed by atoms with Crippen LogP contribution < -0.4 is 21.4 Å². The van der Waals surface area contributed by atoms with Crippen molar-refractivity contribution < 1.29 is 24.7 Å². The summed E-state index contributed by atoms with van der Waals surface area (Å²) < 4.78 is 0. The van der Waals surface area contributed by atoms with Gasteiger partial charge in [0.2, 0.25) is 5.91 Å². The van der Waals surface area contributed by atoms with Crippen molar-refractivity contribution >= 4 is 23.4 Å². The molecule has 0 radical (unpaired) electrons. The van der Waals surface area contributed by atoms with E-state index in [0.717, 1.165) is 31.4 Å². The Balaban J connectivity index is 1.54. The highest BCUT2D eigenvalue weighted by Gasteiger charge is 2.25. The van der Waals surface area contributed by atoms with Gasteiger partial charge < -0.3 is 21.1 Å². The number of carbonyl (C=O) groups excluding carboxylic acids is 3. The van der Waals surface area contributed by atoms with Crippen LogP contribution in [0.1, 0.15) is 47.7 Å². The molecule has 2 aromatic rings. The van der Waals surface area contributed by atoms with Crippen LogP contribution in [0.2, 0.25) is 0 Å². The lowest BCUT2D eigenvalue weighted by Crippen LogP contribution is -2.51. The fraction of sp³-hybridized carbons (Fsp3) is 0.296. The number of anilines is 1. The second-order valence-electron chi connectivity index (χ2n) is 8.31. The van der Waals surface area contributed by atoms with Crippen LogP contribution in [0.25, 0.3) is 0 Å². The predicted molar refractivity (Wildman–Crippen MR) is 134 cm³/mol. The fourth-order valence-corrected chi connectivity index (χ4v) is 3.55. The monoisotopic (exact) mass is 488 g/mol. The number of benzene rings is 2. The minimum atomic E-state index is -1.29. The van der Waals surface area contributed by atoms with Gasteiger partial charge >= 0.3 is 0 Å². The summed E-state index contributed by atoms with van der Waals surface area (Å²) in [7, 11) is 0. The highest BCUT2D eigenvalue weighted by molar-refractivity contribution is 5.97. The van der Waals surface area contributed by atoms with E-state index in [1.807, 2.05) is 12.1 Å². The molecule has 0 aromatic heterocycles. The van der Waals surface area contributed by atoms with E-state index < -0.39 is 24.0 Å². The van der Waals surface area contributed by atoms with Crippen molar-refractivity contribution in [2.45, 2.75) is 44.4 Å². The number of hydrogen-bond acceptors (Lipinski definition) is 6. The Hall–Kier alpha value is -4.15. The number of carbonyl (C=O) groups is 3. The average molecular weight is 489 g/mol. The number of rotatable bonds is 6. The Labute approximate surface area is 209 Å². The molecule has 186 valence electrons. The Morgan fingerprint density at radius 1 is 0.972 bits per heavy atom. The molecule has 2 aromatic carbocycles. The lowest BCUT2D eigenvalue weighted by molar-refractivity contribution is -0.133. The first kappa shape index (κ1) is 26.5. The summed E-state index contributed by atoms with van der Waals surface area (Å²) in [6.07, 6.45) is 1.80. The summed E-state index contributed by atoms with van der Waals surface area (Å²) in [5.41, 5.74) is 3.77. The molecule has 6 N–H and O–H groups in total. The molecule has 1 fully saturated rings. The van der Waals surface area contributed by atoms with Crippen molar-refractivity contribution in [3.05, 3.63) is 65.2 Å². The Morgan fingerprint density at radius 2 is 1.58 bits per heavy atom. The molecule has 0 aliphatic carbocycles. The van der Waals surface area contributed by atoms with Gasteiger partial charge in [-0.15, -0.1) is 0 Å². The van der Waals surface area contributed by atoms with E-state index in [0.29, 0.717) is 11.3 Å². The van der Waals surface area contributed by atoms with Crippen LogP contribution in [-0.2, 0) is 9.59 Å². The molecule has 1 aliphatic rings. The van der Waals surface area contributed by atoms with Crippen molar-refractivity contribution in [2.75, 3.05) is 11.9 Å². The maximum atomic E-state index is 12.3. The van der Waals surface area contributed by atoms with Gasteiger partial charge in [0, 0.05) is 22.4 Å². The normalized spacial score (nSPS) is 16.1. The van der Waals surface area contributed by atoms with Crippen LogP contribution >= 0.6 is 0 Å². The number of hydrogen-bond donors (Lipinski definition) is 6. The summed E-state index contributed by atoms with van der Waals surface area (Å²) >= 11 is 0. The van der Waals surface area contributed by atoms with Gasteiger partial charge in [0.1, 0.15) is 6.04 Å². The van der Waals surface area contributed by atoms with E-state index in [-0.39, 0.29) is 17.5 Å². The second-order valence-corrected chi connectivity index (χ2v) is 8.31. The van der Waals surface area contributed by atoms with E-state index in [9.17, 15) is 19.5 Å². The summed E-state index contributed by atoms with van der Waals surface area (Å²) in [4.78, 5) is 36.2. The van der Waals surface area contributed by atoms with Crippen molar-refractivity contribution in [3.63, 3.8) is 0 Å². The molecule has 1 saturated heterocycles. The molecule has 0 spiro atoms. The van der Waals surface area contributed by atoms with Crippen molar-refractivity contribution in [3.8, 4) is 23.7 Å². The lowest BCUT2D eigenvalue weighted by Gasteiger charge is -2.22. The molecular formula is C27H28N4O5. The molecule has 9 heteroatoms. The summed E-state index contributed by atoms with van der Waals surface area (Å²) in [6, 6.07) is 12.1. The highest BCUT2D eigenvalue weighted by atomic mass is 16.5. The zero-order chi connectivity index (χ0) is 25.9. The third-order valence-electron chi connectivity index (χ3n) is 5.56. The maximum Gasteiger partial charge on any atom is 0.268 e. The minimum Gasteiger partial charge on any atom is -0.391 e. The fourth-order valence-electron chi connectivity index (χ4n) is 3.55. The van der Waals surface area contributed by atoms with Crippen LogP contribution in [-0.4, -0.2) is 52.8 Å². The summed E-state index contributed by atoms with van der Waals surface area (Å²) in [5, 5.41) is 26.8. The molecule has 36 heavy (non-hydrogen) atoms. The minimum absolute atomic E-state index is 0.0265. The van der Waals surface area contributed by atoms with E-state index in [4.69, 9.17) is 5.21 Å². The Morgan fingerprint density at radius 3 is 2.11 bits per heavy atom. The largest absolute Gasteiger partial charge is 0.391 e. The predicted octanol–water partition coefficient (Wildman–Crippen LogP) is 1.16. The van der Waals surface area contributed by atoms with Gasteiger partial charge in [-0.2, -0.15) is 0 Å². The van der Waals surface area contributed by atoms with Gasteiger partial charge in [0.15, 0.2) is 0 Å². The van der Waals surface area contributed by atoms with Gasteiger partial charge in [-0.3, -0.25) is 19.6 Å². The topological polar surface area (TPSA) is 140 Å². The SMILES string of the molecule is C[C@@H](O)[C@H](NC(=O)c1ccc(C#CC#Cc2ccc(NC(=O)C3CCCCN3)cc2)cc1)C(=O)NO. The lowest BCUT2D eigenvalue weighted by atomic mass is 10.0. The molecule has 3 amide bonds. The number of nitrogens with one attached hydrogen (secondary N) is 4. The zero-order valence-corrected chi connectivity index (χ0v) is 19.8. The van der Waals surface area contributed by atoms with E-state index >= 15 is 0 Å². The third kappa shape index (κ3) is 7.69. The summed E-state index contributed by atoms with van der Waals surface area (Å²) in [6.45, 7) is 2.19. The van der Waals surface area contributed by atoms with Gasteiger partial charge in [-0.1, -0.05) is 18.3 Å². The van der Waals surface area contributed by atoms with Crippen molar-refractivity contribution in [1.29, 1.82) is 0 Å². The van der Waals surface area contributed by atoms with Crippen LogP contribution in [0.4, 0.5) is 5.69 Å². The van der Waals surface area contributed by atoms with Gasteiger partial charge in [0.05, 0.1) is 12.1 Å².